The number of aromatic carboxylic acids is 1. The molecule has 30 heavy (non-hydrogen) atoms. The van der Waals surface area contributed by atoms with Crippen molar-refractivity contribution in [3.63, 3.8) is 0 Å². The summed E-state index contributed by atoms with van der Waals surface area (Å²) in [6.07, 6.45) is 6.95. The number of piperidine rings is 1. The van der Waals surface area contributed by atoms with Gasteiger partial charge in [-0.1, -0.05) is 12.1 Å². The van der Waals surface area contributed by atoms with E-state index in [4.69, 9.17) is 4.74 Å². The van der Waals surface area contributed by atoms with Gasteiger partial charge in [-0.3, -0.25) is 4.90 Å². The van der Waals surface area contributed by atoms with Crippen LogP contribution >= 0.6 is 0 Å². The Balaban J connectivity index is 1.55. The Kier molecular flexibility index (Phi) is 4.58. The Morgan fingerprint density at radius 3 is 2.67 bits per heavy atom. The Bertz CT molecular complexity index is 1100. The summed E-state index contributed by atoms with van der Waals surface area (Å²) >= 11 is 0. The summed E-state index contributed by atoms with van der Waals surface area (Å²) in [5.74, 6) is 0.0671. The van der Waals surface area contributed by atoms with Gasteiger partial charge in [-0.15, -0.1) is 0 Å². The first-order chi connectivity index (χ1) is 14.5. The second kappa shape index (κ2) is 7.17. The number of aromatic amines is 1. The van der Waals surface area contributed by atoms with Crippen molar-refractivity contribution in [1.29, 1.82) is 0 Å². The van der Waals surface area contributed by atoms with Crippen molar-refractivity contribution in [2.75, 3.05) is 13.7 Å². The number of aryl methyl sites for hydroxylation is 1. The molecule has 1 aromatic heterocycles. The number of benzene rings is 2. The van der Waals surface area contributed by atoms with Crippen LogP contribution in [0.4, 0.5) is 0 Å². The topological polar surface area (TPSA) is 65.6 Å². The van der Waals surface area contributed by atoms with Crippen LogP contribution in [0, 0.1) is 12.3 Å². The van der Waals surface area contributed by atoms with Crippen LogP contribution in [-0.2, 0) is 6.54 Å². The lowest BCUT2D eigenvalue weighted by atomic mass is 9.81. The van der Waals surface area contributed by atoms with Crippen molar-refractivity contribution in [3.05, 3.63) is 64.8 Å². The number of carbonyl (C=O) groups is 1. The molecule has 5 nitrogen and oxygen atoms in total. The predicted octanol–water partition coefficient (Wildman–Crippen LogP) is 5.30. The van der Waals surface area contributed by atoms with E-state index < -0.39 is 5.97 Å². The molecule has 1 unspecified atom stereocenters. The fourth-order valence-electron chi connectivity index (χ4n) is 5.50. The molecule has 1 aliphatic heterocycles. The highest BCUT2D eigenvalue weighted by Crippen LogP contribution is 2.62. The van der Waals surface area contributed by atoms with Crippen LogP contribution < -0.4 is 4.74 Å². The van der Waals surface area contributed by atoms with E-state index in [1.54, 1.807) is 19.2 Å². The highest BCUT2D eigenvalue weighted by Gasteiger charge is 2.53. The number of nitrogens with one attached hydrogen (secondary N) is 1. The number of carboxylic acids is 1. The van der Waals surface area contributed by atoms with E-state index in [0.29, 0.717) is 17.0 Å². The SMILES string of the molecule is COc1cc(C)c2[nH]ccc2c1CN1CCCC2(CC2)C1c1ccc(C(=O)O)cc1. The number of carboxylic acid groups (broad SMARTS) is 1. The third-order valence-corrected chi connectivity index (χ3v) is 7.12. The van der Waals surface area contributed by atoms with E-state index in [-0.39, 0.29) is 0 Å². The van der Waals surface area contributed by atoms with Crippen LogP contribution in [0.3, 0.4) is 0 Å². The van der Waals surface area contributed by atoms with Crippen molar-refractivity contribution >= 4 is 16.9 Å². The van der Waals surface area contributed by atoms with Gasteiger partial charge in [0.2, 0.25) is 0 Å². The maximum Gasteiger partial charge on any atom is 0.335 e. The van der Waals surface area contributed by atoms with Gasteiger partial charge in [0.15, 0.2) is 0 Å². The molecule has 1 aliphatic carbocycles. The number of rotatable bonds is 5. The zero-order valence-electron chi connectivity index (χ0n) is 17.6. The molecule has 5 heteroatoms. The van der Waals surface area contributed by atoms with Crippen molar-refractivity contribution in [1.82, 2.24) is 9.88 Å². The fraction of sp³-hybridized carbons (Fsp3) is 0.400. The number of methoxy groups -OCH3 is 1. The van der Waals surface area contributed by atoms with Gasteiger partial charge in [0.1, 0.15) is 5.75 Å². The van der Waals surface area contributed by atoms with Crippen LogP contribution in [0.15, 0.2) is 42.6 Å². The normalized spacial score (nSPS) is 20.5. The second-order valence-corrected chi connectivity index (χ2v) is 8.91. The molecule has 0 amide bonds. The van der Waals surface area contributed by atoms with Crippen LogP contribution in [0.5, 0.6) is 5.75 Å². The van der Waals surface area contributed by atoms with Crippen molar-refractivity contribution in [2.45, 2.75) is 45.2 Å². The molecule has 1 spiro atoms. The van der Waals surface area contributed by atoms with E-state index in [2.05, 4.69) is 28.9 Å². The van der Waals surface area contributed by atoms with Crippen molar-refractivity contribution in [2.24, 2.45) is 5.41 Å². The summed E-state index contributed by atoms with van der Waals surface area (Å²) in [5.41, 5.74) is 5.50. The number of nitrogens with zero attached hydrogens (tertiary/aromatic N) is 1. The Morgan fingerprint density at radius 2 is 2.00 bits per heavy atom. The molecule has 5 rings (SSSR count). The number of hydrogen-bond donors (Lipinski definition) is 2. The standard InChI is InChI=1S/C25H28N2O3/c1-16-14-21(30-2)20(19-8-12-26-22(16)19)15-27-13-3-9-25(10-11-25)23(27)17-4-6-18(7-5-17)24(28)29/h4-8,12,14,23,26H,3,9-11,13,15H2,1-2H3,(H,28,29). The Labute approximate surface area is 176 Å². The van der Waals surface area contributed by atoms with Gasteiger partial charge in [0.05, 0.1) is 12.7 Å². The molecule has 2 aromatic carbocycles. The lowest BCUT2D eigenvalue weighted by Gasteiger charge is -2.43. The zero-order valence-corrected chi connectivity index (χ0v) is 17.6. The largest absolute Gasteiger partial charge is 0.496 e. The van der Waals surface area contributed by atoms with Crippen LogP contribution in [-0.4, -0.2) is 34.6 Å². The lowest BCUT2D eigenvalue weighted by Crippen LogP contribution is -2.39. The van der Waals surface area contributed by atoms with E-state index >= 15 is 0 Å². The van der Waals surface area contributed by atoms with Gasteiger partial charge in [0.25, 0.3) is 0 Å². The number of ether oxygens (including phenoxy) is 1. The second-order valence-electron chi connectivity index (χ2n) is 8.91. The summed E-state index contributed by atoms with van der Waals surface area (Å²) < 4.78 is 5.79. The minimum Gasteiger partial charge on any atom is -0.496 e. The summed E-state index contributed by atoms with van der Waals surface area (Å²) in [4.78, 5) is 17.3. The van der Waals surface area contributed by atoms with E-state index in [0.717, 1.165) is 18.8 Å². The van der Waals surface area contributed by atoms with Crippen LogP contribution in [0.1, 0.15) is 58.8 Å². The average Bonchev–Trinajstić information content (AvgIpc) is 3.31. The molecular weight excluding hydrogens is 376 g/mol. The molecule has 1 saturated heterocycles. The minimum atomic E-state index is -0.873. The quantitative estimate of drug-likeness (QED) is 0.606. The average molecular weight is 405 g/mol. The van der Waals surface area contributed by atoms with Gasteiger partial charge >= 0.3 is 5.97 Å². The third kappa shape index (κ3) is 3.08. The Hall–Kier alpha value is -2.79. The first-order valence-electron chi connectivity index (χ1n) is 10.7. The Morgan fingerprint density at radius 1 is 1.23 bits per heavy atom. The zero-order chi connectivity index (χ0) is 20.9. The van der Waals surface area contributed by atoms with Gasteiger partial charge < -0.3 is 14.8 Å². The monoisotopic (exact) mass is 404 g/mol. The molecule has 3 aromatic rings. The van der Waals surface area contributed by atoms with Gasteiger partial charge in [0, 0.05) is 35.2 Å². The first-order valence-corrected chi connectivity index (χ1v) is 10.7. The fourth-order valence-corrected chi connectivity index (χ4v) is 5.50. The van der Waals surface area contributed by atoms with E-state index in [1.165, 1.54) is 53.3 Å². The first kappa shape index (κ1) is 19.2. The van der Waals surface area contributed by atoms with E-state index in [1.807, 2.05) is 18.3 Å². The molecule has 0 radical (unpaired) electrons. The predicted molar refractivity (Wildman–Crippen MR) is 117 cm³/mol. The smallest absolute Gasteiger partial charge is 0.335 e. The van der Waals surface area contributed by atoms with Crippen molar-refractivity contribution < 1.29 is 14.6 Å². The maximum absolute atomic E-state index is 11.3. The van der Waals surface area contributed by atoms with E-state index in [9.17, 15) is 9.90 Å². The summed E-state index contributed by atoms with van der Waals surface area (Å²) in [6, 6.07) is 12.1. The number of hydrogen-bond acceptors (Lipinski definition) is 3. The molecule has 156 valence electrons. The van der Waals surface area contributed by atoms with Gasteiger partial charge in [-0.2, -0.15) is 0 Å². The number of likely N-dealkylation sites (tertiary alicyclic amines) is 1. The highest BCUT2D eigenvalue weighted by atomic mass is 16.5. The number of H-pyrrole nitrogens is 1. The summed E-state index contributed by atoms with van der Waals surface area (Å²) in [6.45, 7) is 3.97. The van der Waals surface area contributed by atoms with Crippen LogP contribution in [0.2, 0.25) is 0 Å². The lowest BCUT2D eigenvalue weighted by molar-refractivity contribution is 0.0689. The molecule has 2 heterocycles. The molecular formula is C25H28N2O3. The molecule has 1 saturated carbocycles. The molecule has 0 bridgehead atoms. The molecule has 2 N–H and O–H groups in total. The number of fused-ring (bicyclic) bond motifs is 1. The van der Waals surface area contributed by atoms with Crippen molar-refractivity contribution in [3.8, 4) is 5.75 Å². The molecule has 2 aliphatic rings. The summed E-state index contributed by atoms with van der Waals surface area (Å²) in [7, 11) is 1.75. The minimum absolute atomic E-state index is 0.314. The summed E-state index contributed by atoms with van der Waals surface area (Å²) in [5, 5.41) is 10.5. The maximum atomic E-state index is 11.3. The number of aromatic nitrogens is 1. The van der Waals surface area contributed by atoms with Gasteiger partial charge in [-0.05, 0) is 80.0 Å². The third-order valence-electron chi connectivity index (χ3n) is 7.12. The molecule has 1 atom stereocenters. The van der Waals surface area contributed by atoms with Crippen LogP contribution in [0.25, 0.3) is 10.9 Å². The highest BCUT2D eigenvalue weighted by molar-refractivity contribution is 5.88. The van der Waals surface area contributed by atoms with Gasteiger partial charge in [-0.25, -0.2) is 4.79 Å². The molecule has 2 fully saturated rings.